The number of aromatic nitrogens is 1. The SMILES string of the molecule is COc1cc2c(cc1OC)[C@H](NC(=O)CCc1cc(Cl)no1)CC2. The van der Waals surface area contributed by atoms with Crippen LogP contribution in [0.1, 0.15) is 35.8 Å². The van der Waals surface area contributed by atoms with Gasteiger partial charge in [-0.05, 0) is 36.1 Å². The van der Waals surface area contributed by atoms with Crippen LogP contribution in [0.3, 0.4) is 0 Å². The normalized spacial score (nSPS) is 15.9. The molecule has 1 aliphatic carbocycles. The molecular weight excluding hydrogens is 332 g/mol. The van der Waals surface area contributed by atoms with Crippen molar-refractivity contribution in [3.8, 4) is 11.5 Å². The van der Waals surface area contributed by atoms with Crippen molar-refractivity contribution < 1.29 is 18.8 Å². The molecule has 3 rings (SSSR count). The summed E-state index contributed by atoms with van der Waals surface area (Å²) in [5, 5.41) is 6.97. The van der Waals surface area contributed by atoms with Crippen molar-refractivity contribution >= 4 is 17.5 Å². The van der Waals surface area contributed by atoms with Crippen LogP contribution in [0.2, 0.25) is 5.15 Å². The minimum absolute atomic E-state index is 0.00869. The number of nitrogens with zero attached hydrogens (tertiary/aromatic N) is 1. The molecule has 0 unspecified atom stereocenters. The molecule has 0 saturated carbocycles. The summed E-state index contributed by atoms with van der Waals surface area (Å²) in [7, 11) is 3.23. The lowest BCUT2D eigenvalue weighted by molar-refractivity contribution is -0.121. The van der Waals surface area contributed by atoms with Gasteiger partial charge in [0.2, 0.25) is 5.91 Å². The number of nitrogens with one attached hydrogen (secondary N) is 1. The molecule has 1 aliphatic rings. The Balaban J connectivity index is 1.64. The predicted octanol–water partition coefficient (Wildman–Crippen LogP) is 3.08. The van der Waals surface area contributed by atoms with E-state index in [4.69, 9.17) is 25.6 Å². The van der Waals surface area contributed by atoms with Gasteiger partial charge < -0.3 is 19.3 Å². The minimum Gasteiger partial charge on any atom is -0.493 e. The van der Waals surface area contributed by atoms with E-state index in [0.29, 0.717) is 35.3 Å². The second-order valence-electron chi connectivity index (χ2n) is 5.68. The molecule has 1 amide bonds. The van der Waals surface area contributed by atoms with Crippen LogP contribution < -0.4 is 14.8 Å². The van der Waals surface area contributed by atoms with Gasteiger partial charge in [-0.15, -0.1) is 0 Å². The lowest BCUT2D eigenvalue weighted by Crippen LogP contribution is -2.27. The third-order valence-corrected chi connectivity index (χ3v) is 4.37. The highest BCUT2D eigenvalue weighted by Crippen LogP contribution is 2.39. The smallest absolute Gasteiger partial charge is 0.220 e. The van der Waals surface area contributed by atoms with Crippen molar-refractivity contribution in [2.75, 3.05) is 14.2 Å². The first-order chi connectivity index (χ1) is 11.6. The maximum absolute atomic E-state index is 12.2. The Morgan fingerprint density at radius 3 is 2.75 bits per heavy atom. The highest BCUT2D eigenvalue weighted by molar-refractivity contribution is 6.29. The van der Waals surface area contributed by atoms with E-state index in [-0.39, 0.29) is 11.9 Å². The largest absolute Gasteiger partial charge is 0.493 e. The van der Waals surface area contributed by atoms with Gasteiger partial charge in [0.1, 0.15) is 5.76 Å². The Bertz CT molecular complexity index is 744. The van der Waals surface area contributed by atoms with E-state index < -0.39 is 0 Å². The van der Waals surface area contributed by atoms with E-state index in [0.717, 1.165) is 18.4 Å². The summed E-state index contributed by atoms with van der Waals surface area (Å²) in [6.07, 6.45) is 2.56. The van der Waals surface area contributed by atoms with Gasteiger partial charge >= 0.3 is 0 Å². The van der Waals surface area contributed by atoms with E-state index in [2.05, 4.69) is 10.5 Å². The summed E-state index contributed by atoms with van der Waals surface area (Å²) in [6.45, 7) is 0. The maximum atomic E-state index is 12.2. The highest BCUT2D eigenvalue weighted by Gasteiger charge is 2.26. The van der Waals surface area contributed by atoms with Gasteiger partial charge in [0, 0.05) is 18.9 Å². The Morgan fingerprint density at radius 2 is 2.08 bits per heavy atom. The van der Waals surface area contributed by atoms with Crippen LogP contribution in [0.15, 0.2) is 22.7 Å². The molecule has 0 aliphatic heterocycles. The van der Waals surface area contributed by atoms with Crippen molar-refractivity contribution in [3.63, 3.8) is 0 Å². The van der Waals surface area contributed by atoms with E-state index >= 15 is 0 Å². The molecule has 0 bridgehead atoms. The van der Waals surface area contributed by atoms with Gasteiger partial charge in [-0.2, -0.15) is 0 Å². The van der Waals surface area contributed by atoms with Crippen LogP contribution >= 0.6 is 11.6 Å². The fourth-order valence-corrected chi connectivity index (χ4v) is 3.15. The Morgan fingerprint density at radius 1 is 1.33 bits per heavy atom. The first kappa shape index (κ1) is 16.6. The number of carbonyl (C=O) groups excluding carboxylic acids is 1. The average Bonchev–Trinajstić information content (AvgIpc) is 3.17. The standard InChI is InChI=1S/C17H19ClN2O4/c1-22-14-7-10-3-5-13(12(10)9-15(14)23-2)19-17(21)6-4-11-8-16(18)20-24-11/h7-9,13H,3-6H2,1-2H3,(H,19,21)/t13-/m1/s1. The molecule has 1 heterocycles. The number of ether oxygens (including phenoxy) is 2. The Labute approximate surface area is 145 Å². The second kappa shape index (κ2) is 7.13. The van der Waals surface area contributed by atoms with Crippen LogP contribution in [0.25, 0.3) is 0 Å². The topological polar surface area (TPSA) is 73.6 Å². The van der Waals surface area contributed by atoms with Crippen LogP contribution in [-0.4, -0.2) is 25.3 Å². The lowest BCUT2D eigenvalue weighted by Gasteiger charge is -2.16. The average molecular weight is 351 g/mol. The number of hydrogen-bond donors (Lipinski definition) is 1. The number of aryl methyl sites for hydroxylation is 2. The number of methoxy groups -OCH3 is 2. The minimum atomic E-state index is -0.0323. The summed E-state index contributed by atoms with van der Waals surface area (Å²) in [5.41, 5.74) is 2.27. The number of benzene rings is 1. The lowest BCUT2D eigenvalue weighted by atomic mass is 10.1. The molecule has 1 N–H and O–H groups in total. The molecule has 6 nitrogen and oxygen atoms in total. The number of halogens is 1. The summed E-state index contributed by atoms with van der Waals surface area (Å²) in [5.74, 6) is 1.96. The molecule has 1 atom stereocenters. The van der Waals surface area contributed by atoms with Gasteiger partial charge in [0.15, 0.2) is 16.7 Å². The summed E-state index contributed by atoms with van der Waals surface area (Å²) < 4.78 is 15.7. The Kier molecular flexibility index (Phi) is 4.94. The zero-order chi connectivity index (χ0) is 17.1. The van der Waals surface area contributed by atoms with Crippen molar-refractivity contribution in [2.45, 2.75) is 31.7 Å². The van der Waals surface area contributed by atoms with Crippen LogP contribution in [-0.2, 0) is 17.6 Å². The van der Waals surface area contributed by atoms with Crippen molar-refractivity contribution in [1.82, 2.24) is 10.5 Å². The monoisotopic (exact) mass is 350 g/mol. The number of fused-ring (bicyclic) bond motifs is 1. The summed E-state index contributed by atoms with van der Waals surface area (Å²) in [4.78, 5) is 12.2. The summed E-state index contributed by atoms with van der Waals surface area (Å²) in [6, 6.07) is 5.54. The van der Waals surface area contributed by atoms with Crippen LogP contribution in [0, 0.1) is 0 Å². The molecular formula is C17H19ClN2O4. The predicted molar refractivity (Wildman–Crippen MR) is 88.6 cm³/mol. The highest BCUT2D eigenvalue weighted by atomic mass is 35.5. The Hall–Kier alpha value is -2.21. The third-order valence-electron chi connectivity index (χ3n) is 4.19. The first-order valence-electron chi connectivity index (χ1n) is 7.76. The number of amides is 1. The fraction of sp³-hybridized carbons (Fsp3) is 0.412. The molecule has 1 aromatic heterocycles. The van der Waals surface area contributed by atoms with Crippen molar-refractivity contribution in [1.29, 1.82) is 0 Å². The van der Waals surface area contributed by atoms with Gasteiger partial charge in [-0.25, -0.2) is 0 Å². The van der Waals surface area contributed by atoms with Gasteiger partial charge in [0.25, 0.3) is 0 Å². The fourth-order valence-electron chi connectivity index (χ4n) is 2.99. The quantitative estimate of drug-likeness (QED) is 0.866. The molecule has 0 spiro atoms. The van der Waals surface area contributed by atoms with E-state index in [1.165, 1.54) is 5.56 Å². The zero-order valence-electron chi connectivity index (χ0n) is 13.6. The molecule has 7 heteroatoms. The molecule has 24 heavy (non-hydrogen) atoms. The van der Waals surface area contributed by atoms with Crippen molar-refractivity contribution in [3.05, 3.63) is 40.2 Å². The van der Waals surface area contributed by atoms with Gasteiger partial charge in [0.05, 0.1) is 20.3 Å². The third kappa shape index (κ3) is 3.48. The second-order valence-corrected chi connectivity index (χ2v) is 6.07. The molecule has 0 fully saturated rings. The zero-order valence-corrected chi connectivity index (χ0v) is 14.4. The van der Waals surface area contributed by atoms with E-state index in [1.807, 2.05) is 12.1 Å². The van der Waals surface area contributed by atoms with Gasteiger partial charge in [-0.1, -0.05) is 16.8 Å². The van der Waals surface area contributed by atoms with E-state index in [1.54, 1.807) is 20.3 Å². The number of carbonyl (C=O) groups is 1. The molecule has 0 radical (unpaired) electrons. The van der Waals surface area contributed by atoms with Crippen LogP contribution in [0.5, 0.6) is 11.5 Å². The summed E-state index contributed by atoms with van der Waals surface area (Å²) >= 11 is 5.70. The molecule has 128 valence electrons. The van der Waals surface area contributed by atoms with Crippen molar-refractivity contribution in [2.24, 2.45) is 0 Å². The van der Waals surface area contributed by atoms with Crippen LogP contribution in [0.4, 0.5) is 0 Å². The number of hydrogen-bond acceptors (Lipinski definition) is 5. The number of rotatable bonds is 6. The molecule has 1 aromatic carbocycles. The molecule has 0 saturated heterocycles. The molecule has 2 aromatic rings. The van der Waals surface area contributed by atoms with E-state index in [9.17, 15) is 4.79 Å². The first-order valence-corrected chi connectivity index (χ1v) is 8.13. The maximum Gasteiger partial charge on any atom is 0.220 e. The van der Waals surface area contributed by atoms with Gasteiger partial charge in [-0.3, -0.25) is 4.79 Å².